The van der Waals surface area contributed by atoms with Gasteiger partial charge in [0.25, 0.3) is 0 Å². The summed E-state index contributed by atoms with van der Waals surface area (Å²) in [5.74, 6) is 0.718. The third-order valence-electron chi connectivity index (χ3n) is 1.74. The Hall–Kier alpha value is -1.24. The van der Waals surface area contributed by atoms with Crippen LogP contribution in [-0.4, -0.2) is 43.4 Å². The van der Waals surface area contributed by atoms with Gasteiger partial charge in [0.05, 0.1) is 0 Å². The molecular formula is C9H18N4. The first-order chi connectivity index (χ1) is 6.13. The summed E-state index contributed by atoms with van der Waals surface area (Å²) in [6.07, 6.45) is 4.08. The number of unbranched alkanes of at least 4 members (excludes halogenated alkanes) is 1. The number of nitrogens with zero attached hydrogens (tertiary/aromatic N) is 4. The highest BCUT2D eigenvalue weighted by Crippen LogP contribution is 1.96. The third kappa shape index (κ3) is 4.36. The summed E-state index contributed by atoms with van der Waals surface area (Å²) in [5.41, 5.74) is 0. The normalized spacial score (nSPS) is 10.8. The van der Waals surface area contributed by atoms with Crippen molar-refractivity contribution >= 4 is 5.96 Å². The fourth-order valence-corrected chi connectivity index (χ4v) is 1.07. The Bertz CT molecular complexity index is 202. The first-order valence-corrected chi connectivity index (χ1v) is 4.48. The number of aliphatic imine (C=N–C) groups is 1. The second-order valence-corrected chi connectivity index (χ2v) is 3.18. The predicted molar refractivity (Wildman–Crippen MR) is 54.3 cm³/mol. The van der Waals surface area contributed by atoms with E-state index in [0.29, 0.717) is 0 Å². The maximum atomic E-state index is 8.47. The Labute approximate surface area is 80.5 Å². The minimum Gasteiger partial charge on any atom is -0.348 e. The lowest BCUT2D eigenvalue weighted by Crippen LogP contribution is -2.38. The van der Waals surface area contributed by atoms with E-state index in [-0.39, 0.29) is 0 Å². The summed E-state index contributed by atoms with van der Waals surface area (Å²) in [7, 11) is 5.73. The molecule has 0 aliphatic heterocycles. The quantitative estimate of drug-likeness (QED) is 0.373. The number of nitriles is 1. The molecule has 0 aliphatic carbocycles. The van der Waals surface area contributed by atoms with E-state index in [1.54, 1.807) is 0 Å². The van der Waals surface area contributed by atoms with E-state index >= 15 is 0 Å². The van der Waals surface area contributed by atoms with Crippen molar-refractivity contribution in [3.63, 3.8) is 0 Å². The van der Waals surface area contributed by atoms with Gasteiger partial charge < -0.3 is 9.80 Å². The molecule has 0 radical (unpaired) electrons. The van der Waals surface area contributed by atoms with Crippen molar-refractivity contribution in [2.75, 3.05) is 27.7 Å². The van der Waals surface area contributed by atoms with Crippen LogP contribution in [0.5, 0.6) is 0 Å². The Balaban J connectivity index is 4.23. The maximum absolute atomic E-state index is 8.47. The summed E-state index contributed by atoms with van der Waals surface area (Å²) in [4.78, 5) is 7.59. The fourth-order valence-electron chi connectivity index (χ4n) is 1.07. The Morgan fingerprint density at radius 3 is 2.38 bits per heavy atom. The molecule has 0 saturated heterocycles. The summed E-state index contributed by atoms with van der Waals surface area (Å²) >= 11 is 0. The molecule has 74 valence electrons. The van der Waals surface area contributed by atoms with Crippen molar-refractivity contribution in [2.45, 2.75) is 19.8 Å². The van der Waals surface area contributed by atoms with Crippen molar-refractivity contribution in [3.05, 3.63) is 0 Å². The molecular weight excluding hydrogens is 164 g/mol. The van der Waals surface area contributed by atoms with Crippen molar-refractivity contribution in [1.29, 1.82) is 5.26 Å². The van der Waals surface area contributed by atoms with E-state index in [1.165, 1.54) is 0 Å². The minimum atomic E-state index is 0.718. The van der Waals surface area contributed by atoms with Crippen LogP contribution in [0.15, 0.2) is 4.99 Å². The average molecular weight is 182 g/mol. The van der Waals surface area contributed by atoms with Crippen LogP contribution >= 0.6 is 0 Å². The van der Waals surface area contributed by atoms with Gasteiger partial charge in [0.1, 0.15) is 0 Å². The van der Waals surface area contributed by atoms with Gasteiger partial charge in [-0.05, 0) is 6.42 Å². The zero-order valence-corrected chi connectivity index (χ0v) is 8.91. The molecule has 0 heterocycles. The number of hydrogen-bond donors (Lipinski definition) is 0. The van der Waals surface area contributed by atoms with Gasteiger partial charge in [0.2, 0.25) is 12.2 Å². The molecule has 0 unspecified atom stereocenters. The highest BCUT2D eigenvalue weighted by Gasteiger charge is 2.07. The molecule has 0 atom stereocenters. The zero-order valence-electron chi connectivity index (χ0n) is 8.91. The third-order valence-corrected chi connectivity index (χ3v) is 1.74. The van der Waals surface area contributed by atoms with Gasteiger partial charge >= 0.3 is 0 Å². The summed E-state index contributed by atoms with van der Waals surface area (Å²) in [5, 5.41) is 8.47. The van der Waals surface area contributed by atoms with Gasteiger partial charge in [-0.1, -0.05) is 13.3 Å². The lowest BCUT2D eigenvalue weighted by Gasteiger charge is -2.25. The fraction of sp³-hybridized carbons (Fsp3) is 0.778. The maximum Gasteiger partial charge on any atom is 0.211 e. The molecule has 0 saturated carbocycles. The molecule has 0 aliphatic rings. The summed E-state index contributed by atoms with van der Waals surface area (Å²) < 4.78 is 0. The molecule has 0 spiro atoms. The minimum absolute atomic E-state index is 0.718. The molecule has 4 nitrogen and oxygen atoms in total. The molecule has 0 fully saturated rings. The number of hydrogen-bond acceptors (Lipinski definition) is 2. The molecule has 4 heteroatoms. The van der Waals surface area contributed by atoms with Crippen LogP contribution in [0.25, 0.3) is 0 Å². The monoisotopic (exact) mass is 182 g/mol. The van der Waals surface area contributed by atoms with Gasteiger partial charge in [-0.25, -0.2) is 0 Å². The van der Waals surface area contributed by atoms with Gasteiger partial charge in [0.15, 0.2) is 0 Å². The number of guanidine groups is 1. The largest absolute Gasteiger partial charge is 0.348 e. The summed E-state index contributed by atoms with van der Waals surface area (Å²) in [6, 6.07) is 0. The SMILES string of the molecule is CCCCN(C)C(=NC#N)N(C)C. The van der Waals surface area contributed by atoms with E-state index < -0.39 is 0 Å². The first-order valence-electron chi connectivity index (χ1n) is 4.48. The lowest BCUT2D eigenvalue weighted by molar-refractivity contribution is 0.415. The highest BCUT2D eigenvalue weighted by atomic mass is 15.3. The van der Waals surface area contributed by atoms with E-state index in [4.69, 9.17) is 5.26 Å². The smallest absolute Gasteiger partial charge is 0.211 e. The van der Waals surface area contributed by atoms with Crippen molar-refractivity contribution < 1.29 is 0 Å². The van der Waals surface area contributed by atoms with Crippen molar-refractivity contribution in [3.8, 4) is 6.19 Å². The van der Waals surface area contributed by atoms with E-state index in [2.05, 4.69) is 11.9 Å². The predicted octanol–water partition coefficient (Wildman–Crippen LogP) is 1.12. The zero-order chi connectivity index (χ0) is 10.3. The Kier molecular flexibility index (Phi) is 5.69. The standard InChI is InChI=1S/C9H18N4/c1-5-6-7-13(4)9(11-8-10)12(2)3/h5-7H2,1-4H3. The molecule has 0 amide bonds. The molecule has 0 aromatic carbocycles. The second kappa shape index (κ2) is 6.30. The van der Waals surface area contributed by atoms with Gasteiger partial charge in [-0.2, -0.15) is 5.26 Å². The second-order valence-electron chi connectivity index (χ2n) is 3.18. The van der Waals surface area contributed by atoms with E-state index in [1.807, 2.05) is 37.1 Å². The lowest BCUT2D eigenvalue weighted by atomic mass is 10.3. The molecule has 0 aromatic heterocycles. The van der Waals surface area contributed by atoms with Crippen LogP contribution in [0.2, 0.25) is 0 Å². The van der Waals surface area contributed by atoms with Crippen LogP contribution in [0.4, 0.5) is 0 Å². The molecule has 0 rings (SSSR count). The number of rotatable bonds is 3. The summed E-state index contributed by atoms with van der Waals surface area (Å²) in [6.45, 7) is 3.08. The molecule has 0 N–H and O–H groups in total. The van der Waals surface area contributed by atoms with Gasteiger partial charge in [-0.3, -0.25) is 0 Å². The van der Waals surface area contributed by atoms with Crippen molar-refractivity contribution in [2.24, 2.45) is 4.99 Å². The topological polar surface area (TPSA) is 42.6 Å². The van der Waals surface area contributed by atoms with Crippen LogP contribution < -0.4 is 0 Å². The van der Waals surface area contributed by atoms with Crippen LogP contribution in [-0.2, 0) is 0 Å². The Morgan fingerprint density at radius 2 is 2.00 bits per heavy atom. The van der Waals surface area contributed by atoms with Gasteiger partial charge in [0, 0.05) is 27.7 Å². The van der Waals surface area contributed by atoms with E-state index in [9.17, 15) is 0 Å². The average Bonchev–Trinajstić information content (AvgIpc) is 2.09. The van der Waals surface area contributed by atoms with Gasteiger partial charge in [-0.15, -0.1) is 4.99 Å². The molecule has 0 aromatic rings. The first kappa shape index (κ1) is 11.8. The molecule has 13 heavy (non-hydrogen) atoms. The van der Waals surface area contributed by atoms with Crippen LogP contribution in [0.1, 0.15) is 19.8 Å². The van der Waals surface area contributed by atoms with Crippen LogP contribution in [0.3, 0.4) is 0 Å². The van der Waals surface area contributed by atoms with Crippen molar-refractivity contribution in [1.82, 2.24) is 9.80 Å². The Morgan fingerprint density at radius 1 is 1.38 bits per heavy atom. The van der Waals surface area contributed by atoms with Crippen LogP contribution in [0, 0.1) is 11.5 Å². The molecule has 0 bridgehead atoms. The van der Waals surface area contributed by atoms with E-state index in [0.717, 1.165) is 25.3 Å². The highest BCUT2D eigenvalue weighted by molar-refractivity contribution is 5.80.